The molecule has 0 aromatic carbocycles. The van der Waals surface area contributed by atoms with Crippen LogP contribution in [0.1, 0.15) is 84.5 Å². The van der Waals surface area contributed by atoms with Crippen molar-refractivity contribution in [1.82, 2.24) is 0 Å². The van der Waals surface area contributed by atoms with E-state index in [4.69, 9.17) is 0 Å². The Bertz CT molecular complexity index is 305. The van der Waals surface area contributed by atoms with Crippen molar-refractivity contribution in [2.45, 2.75) is 84.5 Å². The number of thioether (sulfide) groups is 1. The van der Waals surface area contributed by atoms with Crippen LogP contribution >= 0.6 is 11.8 Å². The minimum absolute atomic E-state index is 0.912. The fourth-order valence-corrected chi connectivity index (χ4v) is 5.39. The van der Waals surface area contributed by atoms with E-state index in [1.54, 1.807) is 0 Å². The Kier molecular flexibility index (Phi) is 7.55. The van der Waals surface area contributed by atoms with Crippen molar-refractivity contribution in [2.24, 2.45) is 11.8 Å². The van der Waals surface area contributed by atoms with Crippen molar-refractivity contribution < 1.29 is 0 Å². The molecule has 0 N–H and O–H groups in total. The van der Waals surface area contributed by atoms with Crippen LogP contribution in [0.5, 0.6) is 0 Å². The van der Waals surface area contributed by atoms with Crippen LogP contribution in [0.25, 0.3) is 0 Å². The first-order valence-corrected chi connectivity index (χ1v) is 10.3. The summed E-state index contributed by atoms with van der Waals surface area (Å²) in [6, 6.07) is 0. The molecule has 1 heteroatoms. The van der Waals surface area contributed by atoms with Gasteiger partial charge in [-0.05, 0) is 49.7 Å². The van der Waals surface area contributed by atoms with Crippen LogP contribution < -0.4 is 0 Å². The molecule has 0 fully saturated rings. The van der Waals surface area contributed by atoms with Crippen molar-refractivity contribution >= 4 is 11.8 Å². The van der Waals surface area contributed by atoms with E-state index in [0.29, 0.717) is 0 Å². The topological polar surface area (TPSA) is 0 Å². The highest BCUT2D eigenvalue weighted by Gasteiger charge is 2.25. The molecule has 2 unspecified atom stereocenters. The van der Waals surface area contributed by atoms with Gasteiger partial charge in [-0.15, -0.1) is 0 Å². The Morgan fingerprint density at radius 2 is 1.60 bits per heavy atom. The predicted molar refractivity (Wildman–Crippen MR) is 93.5 cm³/mol. The Labute approximate surface area is 131 Å². The standard InChI is InChI=1S/C19H34S/c1-3-10-17-12-9-7-5-6-8-11-16(4-2)19-15-20-14-13-18(17)19/h16-17H,3-15H2,1-2H3. The lowest BCUT2D eigenvalue weighted by Crippen LogP contribution is -2.18. The molecule has 1 heterocycles. The van der Waals surface area contributed by atoms with Gasteiger partial charge in [0.1, 0.15) is 0 Å². The van der Waals surface area contributed by atoms with Crippen molar-refractivity contribution in [3.63, 3.8) is 0 Å². The largest absolute Gasteiger partial charge is 0.157 e. The van der Waals surface area contributed by atoms with Crippen LogP contribution in [-0.2, 0) is 0 Å². The lowest BCUT2D eigenvalue weighted by atomic mass is 9.80. The van der Waals surface area contributed by atoms with Crippen LogP contribution in [0.2, 0.25) is 0 Å². The highest BCUT2D eigenvalue weighted by Crippen LogP contribution is 2.40. The van der Waals surface area contributed by atoms with Crippen molar-refractivity contribution in [3.8, 4) is 0 Å². The second kappa shape index (κ2) is 9.18. The summed E-state index contributed by atoms with van der Waals surface area (Å²) in [4.78, 5) is 0. The lowest BCUT2D eigenvalue weighted by Gasteiger charge is -2.31. The van der Waals surface area contributed by atoms with Gasteiger partial charge in [-0.2, -0.15) is 11.8 Å². The van der Waals surface area contributed by atoms with Gasteiger partial charge in [-0.3, -0.25) is 0 Å². The molecule has 0 amide bonds. The van der Waals surface area contributed by atoms with Gasteiger partial charge in [0.05, 0.1) is 0 Å². The normalized spacial score (nSPS) is 29.7. The van der Waals surface area contributed by atoms with E-state index in [0.717, 1.165) is 11.8 Å². The molecule has 20 heavy (non-hydrogen) atoms. The van der Waals surface area contributed by atoms with Crippen LogP contribution in [0.15, 0.2) is 11.1 Å². The molecule has 0 bridgehead atoms. The molecule has 2 atom stereocenters. The van der Waals surface area contributed by atoms with Gasteiger partial charge < -0.3 is 0 Å². The van der Waals surface area contributed by atoms with Crippen LogP contribution in [0.3, 0.4) is 0 Å². The van der Waals surface area contributed by atoms with E-state index < -0.39 is 0 Å². The van der Waals surface area contributed by atoms with Gasteiger partial charge in [0.25, 0.3) is 0 Å². The quantitative estimate of drug-likeness (QED) is 0.528. The molecule has 2 aliphatic rings. The van der Waals surface area contributed by atoms with E-state index >= 15 is 0 Å². The number of rotatable bonds is 3. The fraction of sp³-hybridized carbons (Fsp3) is 0.895. The van der Waals surface area contributed by atoms with Crippen LogP contribution in [0, 0.1) is 11.8 Å². The molecule has 0 radical (unpaired) electrons. The summed E-state index contributed by atoms with van der Waals surface area (Å²) in [6.07, 6.45) is 15.9. The first kappa shape index (κ1) is 16.5. The number of hydrogen-bond acceptors (Lipinski definition) is 1. The van der Waals surface area contributed by atoms with Crippen molar-refractivity contribution in [2.75, 3.05) is 11.5 Å². The summed E-state index contributed by atoms with van der Waals surface area (Å²) in [5.74, 6) is 4.59. The third-order valence-corrected chi connectivity index (χ3v) is 6.41. The zero-order valence-corrected chi connectivity index (χ0v) is 14.6. The van der Waals surface area contributed by atoms with Crippen LogP contribution in [0.4, 0.5) is 0 Å². The predicted octanol–water partition coefficient (Wildman–Crippen LogP) is 6.61. The summed E-state index contributed by atoms with van der Waals surface area (Å²) in [7, 11) is 0. The van der Waals surface area contributed by atoms with Crippen LogP contribution in [-0.4, -0.2) is 11.5 Å². The lowest BCUT2D eigenvalue weighted by molar-refractivity contribution is 0.459. The average molecular weight is 295 g/mol. The van der Waals surface area contributed by atoms with Gasteiger partial charge in [-0.1, -0.05) is 63.5 Å². The average Bonchev–Trinajstić information content (AvgIpc) is 2.52. The van der Waals surface area contributed by atoms with Crippen molar-refractivity contribution in [3.05, 3.63) is 11.1 Å². The molecule has 0 nitrogen and oxygen atoms in total. The fourth-order valence-electron chi connectivity index (χ4n) is 4.24. The van der Waals surface area contributed by atoms with E-state index in [2.05, 4.69) is 25.6 Å². The minimum Gasteiger partial charge on any atom is -0.157 e. The third-order valence-electron chi connectivity index (χ3n) is 5.41. The summed E-state index contributed by atoms with van der Waals surface area (Å²) >= 11 is 2.20. The highest BCUT2D eigenvalue weighted by atomic mass is 32.2. The molecule has 2 rings (SSSR count). The minimum atomic E-state index is 0.912. The molecule has 0 saturated carbocycles. The van der Waals surface area contributed by atoms with Gasteiger partial charge in [0, 0.05) is 5.75 Å². The van der Waals surface area contributed by atoms with Gasteiger partial charge in [0.15, 0.2) is 0 Å². The van der Waals surface area contributed by atoms with E-state index in [-0.39, 0.29) is 0 Å². The van der Waals surface area contributed by atoms with E-state index in [9.17, 15) is 0 Å². The zero-order chi connectivity index (χ0) is 14.2. The van der Waals surface area contributed by atoms with E-state index in [1.165, 1.54) is 82.1 Å². The Morgan fingerprint density at radius 1 is 0.900 bits per heavy atom. The smallest absolute Gasteiger partial charge is 0.0148 e. The van der Waals surface area contributed by atoms with E-state index in [1.807, 2.05) is 11.1 Å². The molecular formula is C19H34S. The molecule has 1 aliphatic heterocycles. The maximum absolute atomic E-state index is 2.42. The monoisotopic (exact) mass is 294 g/mol. The molecule has 0 aromatic heterocycles. The second-order valence-electron chi connectivity index (χ2n) is 6.79. The van der Waals surface area contributed by atoms with Gasteiger partial charge in [0.2, 0.25) is 0 Å². The van der Waals surface area contributed by atoms with Gasteiger partial charge >= 0.3 is 0 Å². The number of allylic oxidation sites excluding steroid dienone is 1. The first-order valence-electron chi connectivity index (χ1n) is 9.16. The highest BCUT2D eigenvalue weighted by molar-refractivity contribution is 7.99. The molecular weight excluding hydrogens is 260 g/mol. The maximum atomic E-state index is 2.42. The molecule has 0 spiro atoms. The summed E-state index contributed by atoms with van der Waals surface area (Å²) in [6.45, 7) is 4.79. The molecule has 0 aromatic rings. The second-order valence-corrected chi connectivity index (χ2v) is 7.89. The summed E-state index contributed by atoms with van der Waals surface area (Å²) in [5.41, 5.74) is 3.84. The Morgan fingerprint density at radius 3 is 2.30 bits per heavy atom. The van der Waals surface area contributed by atoms with Gasteiger partial charge in [-0.25, -0.2) is 0 Å². The molecule has 1 aliphatic carbocycles. The Hall–Kier alpha value is 0.0900. The molecule has 0 saturated heterocycles. The van der Waals surface area contributed by atoms with Crippen molar-refractivity contribution in [1.29, 1.82) is 0 Å². The maximum Gasteiger partial charge on any atom is 0.0148 e. The third kappa shape index (κ3) is 4.55. The first-order chi connectivity index (χ1) is 9.86. The molecule has 116 valence electrons. The number of hydrogen-bond donors (Lipinski definition) is 0. The summed E-state index contributed by atoms with van der Waals surface area (Å²) in [5, 5.41) is 0. The zero-order valence-electron chi connectivity index (χ0n) is 13.8. The SMILES string of the molecule is CCCC1CCCCCCCC(CC)C2=C1CCSC2. The Balaban J connectivity index is 2.22. The summed E-state index contributed by atoms with van der Waals surface area (Å²) < 4.78 is 0.